The first kappa shape index (κ1) is 24.0. The van der Waals surface area contributed by atoms with Crippen molar-refractivity contribution in [2.75, 3.05) is 32.6 Å². The second-order valence-corrected chi connectivity index (χ2v) is 9.92. The van der Waals surface area contributed by atoms with Crippen LogP contribution in [0, 0.1) is 25.2 Å². The first-order valence-electron chi connectivity index (χ1n) is 10.9. The van der Waals surface area contributed by atoms with E-state index in [0.29, 0.717) is 41.2 Å². The van der Waals surface area contributed by atoms with Crippen molar-refractivity contribution in [1.82, 2.24) is 9.47 Å². The van der Waals surface area contributed by atoms with E-state index >= 15 is 0 Å². The fourth-order valence-electron chi connectivity index (χ4n) is 3.89. The van der Waals surface area contributed by atoms with E-state index in [1.165, 1.54) is 15.9 Å². The summed E-state index contributed by atoms with van der Waals surface area (Å²) in [6.45, 7) is 5.62. The van der Waals surface area contributed by atoms with Gasteiger partial charge in [-0.25, -0.2) is 0 Å². The second kappa shape index (κ2) is 10.4. The highest BCUT2D eigenvalue weighted by Crippen LogP contribution is 2.16. The van der Waals surface area contributed by atoms with Crippen molar-refractivity contribution in [3.8, 4) is 11.8 Å². The maximum atomic E-state index is 13.6. The van der Waals surface area contributed by atoms with Crippen LogP contribution >= 0.6 is 23.1 Å². The molecule has 1 aromatic heterocycles. The number of aromatic nitrogens is 1. The quantitative estimate of drug-likeness (QED) is 0.525. The minimum atomic E-state index is -0.374. The van der Waals surface area contributed by atoms with Gasteiger partial charge >= 0.3 is 0 Å². The molecule has 0 spiro atoms. The van der Waals surface area contributed by atoms with Crippen LogP contribution in [0.4, 0.5) is 0 Å². The Morgan fingerprint density at radius 3 is 2.47 bits per heavy atom. The summed E-state index contributed by atoms with van der Waals surface area (Å²) >= 11 is 2.82. The number of aryl methyl sites for hydroxylation is 2. The van der Waals surface area contributed by atoms with Crippen LogP contribution in [0.3, 0.4) is 0 Å². The number of thiazole rings is 1. The SMILES string of the molecule is CSc1ccc(/C=c2\s/c(=C(/C#N)C(=O)N3CCOCC3)n(-c3ccc(C)cc3C)c2=O)cc1. The van der Waals surface area contributed by atoms with Gasteiger partial charge in [0, 0.05) is 18.0 Å². The standard InChI is InChI=1S/C26H25N3O3S2/c1-17-4-9-22(18(2)14-17)29-25(31)23(15-19-5-7-20(33-3)8-6-19)34-26(29)21(16-27)24(30)28-10-12-32-13-11-28/h4-9,14-15H,10-13H2,1-3H3/b23-15-,26-21-. The molecule has 2 aromatic carbocycles. The highest BCUT2D eigenvalue weighted by Gasteiger charge is 2.24. The van der Waals surface area contributed by atoms with Gasteiger partial charge in [0.2, 0.25) is 0 Å². The molecule has 6 nitrogen and oxygen atoms in total. The zero-order chi connectivity index (χ0) is 24.2. The Hall–Kier alpha value is -3.12. The third kappa shape index (κ3) is 4.87. The third-order valence-electron chi connectivity index (χ3n) is 5.67. The maximum Gasteiger partial charge on any atom is 0.273 e. The summed E-state index contributed by atoms with van der Waals surface area (Å²) in [7, 11) is 0. The molecule has 3 aromatic rings. The van der Waals surface area contributed by atoms with E-state index in [9.17, 15) is 14.9 Å². The van der Waals surface area contributed by atoms with E-state index in [0.717, 1.165) is 21.6 Å². The van der Waals surface area contributed by atoms with Gasteiger partial charge in [-0.2, -0.15) is 5.26 Å². The van der Waals surface area contributed by atoms with Gasteiger partial charge in [-0.1, -0.05) is 29.8 Å². The minimum absolute atomic E-state index is 0.0265. The predicted octanol–water partition coefficient (Wildman–Crippen LogP) is 2.60. The Labute approximate surface area is 206 Å². The summed E-state index contributed by atoms with van der Waals surface area (Å²) in [5.74, 6) is -0.374. The fraction of sp³-hybridized carbons (Fsp3) is 0.269. The average molecular weight is 492 g/mol. The van der Waals surface area contributed by atoms with Crippen molar-refractivity contribution in [1.29, 1.82) is 5.26 Å². The molecule has 1 aliphatic heterocycles. The van der Waals surface area contributed by atoms with Crippen molar-refractivity contribution in [2.45, 2.75) is 18.7 Å². The zero-order valence-corrected chi connectivity index (χ0v) is 21.0. The molecule has 2 heterocycles. The summed E-state index contributed by atoms with van der Waals surface area (Å²) in [6.07, 6.45) is 3.83. The van der Waals surface area contributed by atoms with E-state index in [-0.39, 0.29) is 17.0 Å². The molecule has 0 radical (unpaired) electrons. The number of hydrogen-bond donors (Lipinski definition) is 0. The molecular formula is C26H25N3O3S2. The number of morpholine rings is 1. The number of nitrogens with zero attached hydrogens (tertiary/aromatic N) is 3. The molecule has 0 saturated carbocycles. The van der Waals surface area contributed by atoms with Gasteiger partial charge in [0.25, 0.3) is 11.5 Å². The molecule has 1 fully saturated rings. The number of nitriles is 1. The van der Waals surface area contributed by atoms with Gasteiger partial charge < -0.3 is 9.64 Å². The molecule has 174 valence electrons. The van der Waals surface area contributed by atoms with Crippen molar-refractivity contribution >= 4 is 40.7 Å². The van der Waals surface area contributed by atoms with Gasteiger partial charge in [-0.05, 0) is 55.5 Å². The highest BCUT2D eigenvalue weighted by atomic mass is 32.2. The molecule has 0 unspecified atom stereocenters. The molecule has 0 N–H and O–H groups in total. The maximum absolute atomic E-state index is 13.6. The molecule has 34 heavy (non-hydrogen) atoms. The molecule has 0 bridgehead atoms. The van der Waals surface area contributed by atoms with Crippen molar-refractivity contribution in [2.24, 2.45) is 0 Å². The van der Waals surface area contributed by atoms with E-state index in [2.05, 4.69) is 6.07 Å². The van der Waals surface area contributed by atoms with Crippen LogP contribution in [0.1, 0.15) is 16.7 Å². The summed E-state index contributed by atoms with van der Waals surface area (Å²) in [5.41, 5.74) is 3.24. The highest BCUT2D eigenvalue weighted by molar-refractivity contribution is 7.98. The van der Waals surface area contributed by atoms with Crippen LogP contribution in [0.5, 0.6) is 0 Å². The Morgan fingerprint density at radius 2 is 1.85 bits per heavy atom. The normalized spacial score (nSPS) is 15.2. The molecular weight excluding hydrogens is 466 g/mol. The lowest BCUT2D eigenvalue weighted by molar-refractivity contribution is -0.128. The van der Waals surface area contributed by atoms with Gasteiger partial charge in [-0.15, -0.1) is 23.1 Å². The van der Waals surface area contributed by atoms with Crippen LogP contribution in [0.2, 0.25) is 0 Å². The lowest BCUT2D eigenvalue weighted by Gasteiger charge is -2.26. The summed E-state index contributed by atoms with van der Waals surface area (Å²) < 4.78 is 7.68. The van der Waals surface area contributed by atoms with Crippen LogP contribution in [-0.2, 0) is 9.53 Å². The first-order valence-corrected chi connectivity index (χ1v) is 12.9. The molecule has 1 saturated heterocycles. The van der Waals surface area contributed by atoms with Crippen molar-refractivity contribution in [3.63, 3.8) is 0 Å². The Morgan fingerprint density at radius 1 is 1.15 bits per heavy atom. The van der Waals surface area contributed by atoms with Crippen LogP contribution in [0.15, 0.2) is 52.2 Å². The van der Waals surface area contributed by atoms with Gasteiger partial charge in [0.1, 0.15) is 10.7 Å². The number of benzene rings is 2. The molecule has 1 amide bonds. The zero-order valence-electron chi connectivity index (χ0n) is 19.3. The Kier molecular flexibility index (Phi) is 7.37. The molecule has 8 heteroatoms. The predicted molar refractivity (Wildman–Crippen MR) is 137 cm³/mol. The number of thioether (sulfide) groups is 1. The van der Waals surface area contributed by atoms with E-state index in [1.807, 2.05) is 68.6 Å². The van der Waals surface area contributed by atoms with Crippen LogP contribution in [0.25, 0.3) is 17.3 Å². The summed E-state index contributed by atoms with van der Waals surface area (Å²) in [5, 5.41) is 10.0. The number of carbonyl (C=O) groups is 1. The van der Waals surface area contributed by atoms with Crippen LogP contribution < -0.4 is 14.8 Å². The third-order valence-corrected chi connectivity index (χ3v) is 7.50. The van der Waals surface area contributed by atoms with E-state index in [1.54, 1.807) is 16.7 Å². The van der Waals surface area contributed by atoms with Gasteiger partial charge in [-0.3, -0.25) is 14.2 Å². The Balaban J connectivity index is 1.99. The average Bonchev–Trinajstić information content (AvgIpc) is 3.16. The lowest BCUT2D eigenvalue weighted by Crippen LogP contribution is -2.42. The second-order valence-electron chi connectivity index (χ2n) is 8.01. The van der Waals surface area contributed by atoms with Crippen molar-refractivity contribution < 1.29 is 9.53 Å². The number of rotatable bonds is 4. The lowest BCUT2D eigenvalue weighted by atomic mass is 10.1. The fourth-order valence-corrected chi connectivity index (χ4v) is 5.39. The Bertz CT molecular complexity index is 1440. The van der Waals surface area contributed by atoms with E-state index in [4.69, 9.17) is 4.74 Å². The smallest absolute Gasteiger partial charge is 0.273 e. The molecule has 1 aliphatic rings. The van der Waals surface area contributed by atoms with Crippen LogP contribution in [-0.4, -0.2) is 47.9 Å². The van der Waals surface area contributed by atoms with Crippen molar-refractivity contribution in [3.05, 3.63) is 78.7 Å². The minimum Gasteiger partial charge on any atom is -0.378 e. The topological polar surface area (TPSA) is 75.3 Å². The molecule has 0 atom stereocenters. The largest absolute Gasteiger partial charge is 0.378 e. The van der Waals surface area contributed by atoms with Gasteiger partial charge in [0.15, 0.2) is 5.57 Å². The molecule has 4 rings (SSSR count). The first-order chi connectivity index (χ1) is 16.4. The number of ether oxygens (including phenoxy) is 1. The summed E-state index contributed by atoms with van der Waals surface area (Å²) in [6, 6.07) is 15.8. The van der Waals surface area contributed by atoms with E-state index < -0.39 is 0 Å². The monoisotopic (exact) mass is 491 g/mol. The number of hydrogen-bond acceptors (Lipinski definition) is 6. The van der Waals surface area contributed by atoms with Gasteiger partial charge in [0.05, 0.1) is 23.4 Å². The number of amides is 1. The molecule has 0 aliphatic carbocycles. The number of carbonyl (C=O) groups excluding carboxylic acids is 1. The summed E-state index contributed by atoms with van der Waals surface area (Å²) in [4.78, 5) is 29.7.